The summed E-state index contributed by atoms with van der Waals surface area (Å²) in [5, 5.41) is 12.6. The van der Waals surface area contributed by atoms with Crippen molar-refractivity contribution in [1.82, 2.24) is 5.32 Å². The molecule has 1 heterocycles. The molecule has 4 nitrogen and oxygen atoms in total. The molecule has 0 aliphatic rings. The Morgan fingerprint density at radius 1 is 1.39 bits per heavy atom. The molecule has 0 saturated carbocycles. The first-order chi connectivity index (χ1) is 8.56. The maximum absolute atomic E-state index is 11.8. The van der Waals surface area contributed by atoms with Gasteiger partial charge in [-0.3, -0.25) is 4.79 Å². The van der Waals surface area contributed by atoms with Crippen molar-refractivity contribution in [2.45, 2.75) is 13.5 Å². The van der Waals surface area contributed by atoms with Crippen LogP contribution in [0, 0.1) is 6.92 Å². The van der Waals surface area contributed by atoms with Crippen molar-refractivity contribution >= 4 is 17.5 Å². The van der Waals surface area contributed by atoms with E-state index < -0.39 is 5.91 Å². The van der Waals surface area contributed by atoms with E-state index in [1.807, 2.05) is 13.0 Å². The largest absolute Gasteiger partial charge is 0.507 e. The van der Waals surface area contributed by atoms with Gasteiger partial charge in [0.05, 0.1) is 12.1 Å². The topological polar surface area (TPSA) is 62.5 Å². The van der Waals surface area contributed by atoms with Crippen LogP contribution >= 0.6 is 11.6 Å². The standard InChI is InChI=1S/C13H12ClNO3/c1-8-2-4-10(18-8)7-15-13(17)11-6-9(14)3-5-12(11)16/h2-6,16H,7H2,1H3,(H,15,17). The highest BCUT2D eigenvalue weighted by Crippen LogP contribution is 2.21. The quantitative estimate of drug-likeness (QED) is 0.897. The smallest absolute Gasteiger partial charge is 0.255 e. The molecule has 0 fully saturated rings. The molecule has 0 saturated heterocycles. The molecule has 94 valence electrons. The summed E-state index contributed by atoms with van der Waals surface area (Å²) in [6, 6.07) is 7.92. The number of rotatable bonds is 3. The number of amides is 1. The van der Waals surface area contributed by atoms with Crippen molar-refractivity contribution in [3.05, 3.63) is 52.4 Å². The molecule has 1 amide bonds. The number of aryl methyl sites for hydroxylation is 1. The summed E-state index contributed by atoms with van der Waals surface area (Å²) < 4.78 is 5.32. The zero-order valence-electron chi connectivity index (χ0n) is 9.74. The van der Waals surface area contributed by atoms with E-state index in [4.69, 9.17) is 16.0 Å². The van der Waals surface area contributed by atoms with Crippen molar-refractivity contribution in [3.63, 3.8) is 0 Å². The average Bonchev–Trinajstić information content (AvgIpc) is 2.75. The van der Waals surface area contributed by atoms with Gasteiger partial charge in [-0.25, -0.2) is 0 Å². The number of hydrogen-bond acceptors (Lipinski definition) is 3. The van der Waals surface area contributed by atoms with E-state index in [0.717, 1.165) is 5.76 Å². The van der Waals surface area contributed by atoms with Gasteiger partial charge in [-0.2, -0.15) is 0 Å². The first-order valence-electron chi connectivity index (χ1n) is 5.38. The van der Waals surface area contributed by atoms with Gasteiger partial charge in [0.25, 0.3) is 5.91 Å². The minimum Gasteiger partial charge on any atom is -0.507 e. The number of carbonyl (C=O) groups excluding carboxylic acids is 1. The molecular weight excluding hydrogens is 254 g/mol. The molecule has 2 N–H and O–H groups in total. The Hall–Kier alpha value is -1.94. The monoisotopic (exact) mass is 265 g/mol. The van der Waals surface area contributed by atoms with E-state index in [0.29, 0.717) is 10.8 Å². The number of carbonyl (C=O) groups is 1. The van der Waals surface area contributed by atoms with Gasteiger partial charge in [0.15, 0.2) is 0 Å². The lowest BCUT2D eigenvalue weighted by Crippen LogP contribution is -2.22. The number of aromatic hydroxyl groups is 1. The molecule has 1 aromatic heterocycles. The number of furan rings is 1. The number of phenolic OH excluding ortho intramolecular Hbond substituents is 1. The Balaban J connectivity index is 2.05. The zero-order valence-corrected chi connectivity index (χ0v) is 10.5. The van der Waals surface area contributed by atoms with Gasteiger partial charge in [0.2, 0.25) is 0 Å². The van der Waals surface area contributed by atoms with E-state index >= 15 is 0 Å². The normalized spacial score (nSPS) is 10.3. The van der Waals surface area contributed by atoms with Crippen LogP contribution in [0.4, 0.5) is 0 Å². The summed E-state index contributed by atoms with van der Waals surface area (Å²) in [7, 11) is 0. The van der Waals surface area contributed by atoms with Crippen LogP contribution in [0.5, 0.6) is 5.75 Å². The molecular formula is C13H12ClNO3. The fraction of sp³-hybridized carbons (Fsp3) is 0.154. The van der Waals surface area contributed by atoms with E-state index in [1.165, 1.54) is 18.2 Å². The fourth-order valence-electron chi connectivity index (χ4n) is 1.53. The molecule has 0 radical (unpaired) electrons. The van der Waals surface area contributed by atoms with Crippen molar-refractivity contribution in [1.29, 1.82) is 0 Å². The van der Waals surface area contributed by atoms with Crippen molar-refractivity contribution in [3.8, 4) is 5.75 Å². The second-order valence-corrected chi connectivity index (χ2v) is 4.29. The Morgan fingerprint density at radius 3 is 2.83 bits per heavy atom. The van der Waals surface area contributed by atoms with E-state index in [1.54, 1.807) is 6.07 Å². The summed E-state index contributed by atoms with van der Waals surface area (Å²) in [5.74, 6) is 0.934. The van der Waals surface area contributed by atoms with Gasteiger partial charge in [-0.15, -0.1) is 0 Å². The second kappa shape index (κ2) is 5.14. The van der Waals surface area contributed by atoms with E-state index in [2.05, 4.69) is 5.32 Å². The summed E-state index contributed by atoms with van der Waals surface area (Å²) in [6.45, 7) is 2.09. The molecule has 0 atom stereocenters. The zero-order chi connectivity index (χ0) is 13.1. The third-order valence-corrected chi connectivity index (χ3v) is 2.66. The first kappa shape index (κ1) is 12.5. The van der Waals surface area contributed by atoms with E-state index in [9.17, 15) is 9.90 Å². The summed E-state index contributed by atoms with van der Waals surface area (Å²) >= 11 is 5.77. The van der Waals surface area contributed by atoms with E-state index in [-0.39, 0.29) is 17.9 Å². The van der Waals surface area contributed by atoms with Crippen molar-refractivity contribution in [2.24, 2.45) is 0 Å². The van der Waals surface area contributed by atoms with Crippen LogP contribution in [0.3, 0.4) is 0 Å². The number of hydrogen-bond donors (Lipinski definition) is 2. The Bertz CT molecular complexity index is 577. The van der Waals surface area contributed by atoms with Crippen LogP contribution in [0.25, 0.3) is 0 Å². The lowest BCUT2D eigenvalue weighted by atomic mass is 10.2. The first-order valence-corrected chi connectivity index (χ1v) is 5.76. The van der Waals surface area contributed by atoms with Crippen molar-refractivity contribution in [2.75, 3.05) is 0 Å². The molecule has 0 aliphatic carbocycles. The van der Waals surface area contributed by atoms with Gasteiger partial charge in [-0.1, -0.05) is 11.6 Å². The lowest BCUT2D eigenvalue weighted by Gasteiger charge is -2.05. The molecule has 0 unspecified atom stereocenters. The molecule has 0 bridgehead atoms. The van der Waals surface area contributed by atoms with Gasteiger partial charge < -0.3 is 14.8 Å². The second-order valence-electron chi connectivity index (χ2n) is 3.86. The maximum atomic E-state index is 11.8. The van der Waals surface area contributed by atoms with Crippen LogP contribution < -0.4 is 5.32 Å². The minimum atomic E-state index is -0.399. The maximum Gasteiger partial charge on any atom is 0.255 e. The summed E-state index contributed by atoms with van der Waals surface area (Å²) in [6.07, 6.45) is 0. The third kappa shape index (κ3) is 2.84. The fourth-order valence-corrected chi connectivity index (χ4v) is 1.70. The predicted molar refractivity (Wildman–Crippen MR) is 67.7 cm³/mol. The highest BCUT2D eigenvalue weighted by atomic mass is 35.5. The molecule has 2 rings (SSSR count). The third-order valence-electron chi connectivity index (χ3n) is 2.42. The van der Waals surface area contributed by atoms with Crippen LogP contribution in [0.15, 0.2) is 34.7 Å². The summed E-state index contributed by atoms with van der Waals surface area (Å²) in [4.78, 5) is 11.8. The van der Waals surface area contributed by atoms with Crippen LogP contribution in [0.1, 0.15) is 21.9 Å². The minimum absolute atomic E-state index is 0.104. The molecule has 0 aliphatic heterocycles. The van der Waals surface area contributed by atoms with Crippen molar-refractivity contribution < 1.29 is 14.3 Å². The SMILES string of the molecule is Cc1ccc(CNC(=O)c2cc(Cl)ccc2O)o1. The van der Waals surface area contributed by atoms with Gasteiger partial charge in [-0.05, 0) is 37.3 Å². The Kier molecular flexibility index (Phi) is 3.58. The molecule has 18 heavy (non-hydrogen) atoms. The predicted octanol–water partition coefficient (Wildman–Crippen LogP) is 2.88. The number of phenols is 1. The molecule has 1 aromatic carbocycles. The van der Waals surface area contributed by atoms with Gasteiger partial charge in [0.1, 0.15) is 17.3 Å². The highest BCUT2D eigenvalue weighted by Gasteiger charge is 2.11. The van der Waals surface area contributed by atoms with Gasteiger partial charge in [0, 0.05) is 5.02 Å². The van der Waals surface area contributed by atoms with Crippen LogP contribution in [-0.4, -0.2) is 11.0 Å². The molecule has 0 spiro atoms. The van der Waals surface area contributed by atoms with Gasteiger partial charge >= 0.3 is 0 Å². The molecule has 5 heteroatoms. The summed E-state index contributed by atoms with van der Waals surface area (Å²) in [5.41, 5.74) is 0.144. The Labute approximate surface area is 109 Å². The Morgan fingerprint density at radius 2 is 2.17 bits per heavy atom. The van der Waals surface area contributed by atoms with Crippen LogP contribution in [0.2, 0.25) is 5.02 Å². The number of halogens is 1. The number of nitrogens with one attached hydrogen (secondary N) is 1. The lowest BCUT2D eigenvalue weighted by molar-refractivity contribution is 0.0945. The average molecular weight is 266 g/mol. The highest BCUT2D eigenvalue weighted by molar-refractivity contribution is 6.31. The van der Waals surface area contributed by atoms with Crippen LogP contribution in [-0.2, 0) is 6.54 Å². The number of benzene rings is 1. The molecule has 2 aromatic rings.